The maximum absolute atomic E-state index is 4.26. The van der Waals surface area contributed by atoms with Gasteiger partial charge >= 0.3 is 0 Å². The summed E-state index contributed by atoms with van der Waals surface area (Å²) in [6, 6.07) is 10.2. The molecule has 0 fully saturated rings. The third-order valence-electron chi connectivity index (χ3n) is 2.13. The minimum absolute atomic E-state index is 0.884. The molecule has 2 nitrogen and oxygen atoms in total. The van der Waals surface area contributed by atoms with Crippen LogP contribution in [0.2, 0.25) is 0 Å². The lowest BCUT2D eigenvalue weighted by Crippen LogP contribution is -1.91. The van der Waals surface area contributed by atoms with E-state index in [-0.39, 0.29) is 0 Å². The highest BCUT2D eigenvalue weighted by Crippen LogP contribution is 2.16. The lowest BCUT2D eigenvalue weighted by molar-refractivity contribution is 0.941. The van der Waals surface area contributed by atoms with E-state index in [1.807, 2.05) is 30.6 Å². The summed E-state index contributed by atoms with van der Waals surface area (Å²) in [5.41, 5.74) is 2.23. The monoisotopic (exact) mass is 184 g/mol. The van der Waals surface area contributed by atoms with E-state index in [0.29, 0.717) is 0 Å². The molecule has 0 amide bonds. The Bertz CT molecular complexity index is 392. The fourth-order valence-electron chi connectivity index (χ4n) is 1.32. The first-order valence-corrected chi connectivity index (χ1v) is 4.76. The third kappa shape index (κ3) is 1.79. The summed E-state index contributed by atoms with van der Waals surface area (Å²) in [6.07, 6.45) is 4.64. The normalized spacial score (nSPS) is 10.1. The van der Waals surface area contributed by atoms with Gasteiger partial charge in [-0.3, -0.25) is 0 Å². The first-order valence-electron chi connectivity index (χ1n) is 4.76. The highest BCUT2D eigenvalue weighted by Gasteiger charge is 1.97. The molecular formula is C12H12N2. The first kappa shape index (κ1) is 8.88. The maximum Gasteiger partial charge on any atom is 0.127 e. The second-order valence-corrected chi connectivity index (χ2v) is 3.11. The summed E-state index contributed by atoms with van der Waals surface area (Å²) in [4.78, 5) is 8.52. The molecule has 14 heavy (non-hydrogen) atoms. The van der Waals surface area contributed by atoms with Gasteiger partial charge in [-0.2, -0.15) is 0 Å². The van der Waals surface area contributed by atoms with Crippen LogP contribution >= 0.6 is 0 Å². The molecule has 0 radical (unpaired) electrons. The van der Waals surface area contributed by atoms with Crippen molar-refractivity contribution >= 4 is 0 Å². The predicted octanol–water partition coefficient (Wildman–Crippen LogP) is 2.71. The summed E-state index contributed by atoms with van der Waals surface area (Å²) in [6.45, 7) is 2.05. The van der Waals surface area contributed by atoms with E-state index in [2.05, 4.69) is 29.0 Å². The van der Waals surface area contributed by atoms with Crippen molar-refractivity contribution in [3.05, 3.63) is 48.5 Å². The molecule has 0 bridgehead atoms. The Morgan fingerprint density at radius 3 is 2.14 bits per heavy atom. The summed E-state index contributed by atoms with van der Waals surface area (Å²) >= 11 is 0. The van der Waals surface area contributed by atoms with Crippen LogP contribution in [0, 0.1) is 0 Å². The Labute approximate surface area is 83.7 Å². The Hall–Kier alpha value is -1.70. The molecule has 0 saturated heterocycles. The van der Waals surface area contributed by atoms with E-state index in [0.717, 1.165) is 23.4 Å². The second kappa shape index (κ2) is 4.01. The van der Waals surface area contributed by atoms with Gasteiger partial charge in [0.2, 0.25) is 0 Å². The molecule has 1 aromatic carbocycles. The molecule has 0 saturated carbocycles. The fourth-order valence-corrected chi connectivity index (χ4v) is 1.32. The molecular weight excluding hydrogens is 172 g/mol. The van der Waals surface area contributed by atoms with Gasteiger partial charge in [-0.05, 0) is 5.56 Å². The van der Waals surface area contributed by atoms with E-state index < -0.39 is 0 Å². The zero-order chi connectivity index (χ0) is 9.80. The van der Waals surface area contributed by atoms with Gasteiger partial charge in [0.25, 0.3) is 0 Å². The van der Waals surface area contributed by atoms with E-state index in [1.165, 1.54) is 0 Å². The van der Waals surface area contributed by atoms with Gasteiger partial charge in [0.1, 0.15) is 5.82 Å². The lowest BCUT2D eigenvalue weighted by Gasteiger charge is -2.00. The smallest absolute Gasteiger partial charge is 0.127 e. The van der Waals surface area contributed by atoms with Crippen LogP contribution < -0.4 is 0 Å². The molecule has 1 heterocycles. The number of hydrogen-bond donors (Lipinski definition) is 0. The number of aromatic nitrogens is 2. The summed E-state index contributed by atoms with van der Waals surface area (Å²) in [7, 11) is 0. The van der Waals surface area contributed by atoms with Crippen LogP contribution in [0.1, 0.15) is 12.7 Å². The number of nitrogens with zero attached hydrogens (tertiary/aromatic N) is 2. The third-order valence-corrected chi connectivity index (χ3v) is 2.13. The van der Waals surface area contributed by atoms with Crippen molar-refractivity contribution in [1.29, 1.82) is 0 Å². The van der Waals surface area contributed by atoms with Gasteiger partial charge in [0.15, 0.2) is 0 Å². The van der Waals surface area contributed by atoms with Gasteiger partial charge in [0, 0.05) is 24.4 Å². The van der Waals surface area contributed by atoms with Crippen LogP contribution in [0.15, 0.2) is 42.7 Å². The quantitative estimate of drug-likeness (QED) is 0.717. The van der Waals surface area contributed by atoms with Crippen LogP contribution in [-0.4, -0.2) is 9.97 Å². The Kier molecular flexibility index (Phi) is 2.54. The van der Waals surface area contributed by atoms with Crippen LogP contribution in [0.5, 0.6) is 0 Å². The van der Waals surface area contributed by atoms with Crippen molar-refractivity contribution in [2.45, 2.75) is 13.3 Å². The standard InChI is InChI=1S/C12H12N2/c1-2-12-13-8-11(9-14-12)10-6-4-3-5-7-10/h3-9H,2H2,1H3. The SMILES string of the molecule is CCc1ncc(-c2ccccc2)cn1. The van der Waals surface area contributed by atoms with Crippen molar-refractivity contribution < 1.29 is 0 Å². The molecule has 2 aromatic rings. The lowest BCUT2D eigenvalue weighted by atomic mass is 10.1. The molecule has 0 unspecified atom stereocenters. The average Bonchev–Trinajstić information content (AvgIpc) is 2.30. The van der Waals surface area contributed by atoms with E-state index in [1.54, 1.807) is 0 Å². The minimum atomic E-state index is 0.884. The molecule has 0 aliphatic heterocycles. The van der Waals surface area contributed by atoms with Crippen molar-refractivity contribution in [3.8, 4) is 11.1 Å². The summed E-state index contributed by atoms with van der Waals surface area (Å²) < 4.78 is 0. The molecule has 2 rings (SSSR count). The van der Waals surface area contributed by atoms with Gasteiger partial charge in [0.05, 0.1) is 0 Å². The van der Waals surface area contributed by atoms with Gasteiger partial charge in [-0.25, -0.2) is 9.97 Å². The zero-order valence-electron chi connectivity index (χ0n) is 8.14. The van der Waals surface area contributed by atoms with Crippen molar-refractivity contribution in [2.75, 3.05) is 0 Å². The predicted molar refractivity (Wildman–Crippen MR) is 56.8 cm³/mol. The summed E-state index contributed by atoms with van der Waals surface area (Å²) in [5.74, 6) is 0.893. The molecule has 0 spiro atoms. The first-order chi connectivity index (χ1) is 6.90. The zero-order valence-corrected chi connectivity index (χ0v) is 8.14. The molecule has 70 valence electrons. The van der Waals surface area contributed by atoms with Crippen molar-refractivity contribution in [3.63, 3.8) is 0 Å². The number of rotatable bonds is 2. The molecule has 0 aliphatic rings. The molecule has 2 heteroatoms. The van der Waals surface area contributed by atoms with Gasteiger partial charge in [-0.1, -0.05) is 37.3 Å². The van der Waals surface area contributed by atoms with Gasteiger partial charge in [-0.15, -0.1) is 0 Å². The fraction of sp³-hybridized carbons (Fsp3) is 0.167. The molecule has 1 aromatic heterocycles. The Morgan fingerprint density at radius 1 is 0.929 bits per heavy atom. The van der Waals surface area contributed by atoms with E-state index in [4.69, 9.17) is 0 Å². The number of hydrogen-bond acceptors (Lipinski definition) is 2. The second-order valence-electron chi connectivity index (χ2n) is 3.11. The Morgan fingerprint density at radius 2 is 1.57 bits per heavy atom. The topological polar surface area (TPSA) is 25.8 Å². The van der Waals surface area contributed by atoms with Crippen molar-refractivity contribution in [1.82, 2.24) is 9.97 Å². The average molecular weight is 184 g/mol. The van der Waals surface area contributed by atoms with Crippen LogP contribution in [0.25, 0.3) is 11.1 Å². The molecule has 0 atom stereocenters. The van der Waals surface area contributed by atoms with Crippen LogP contribution in [0.3, 0.4) is 0 Å². The molecule has 0 N–H and O–H groups in total. The van der Waals surface area contributed by atoms with E-state index in [9.17, 15) is 0 Å². The number of benzene rings is 1. The highest BCUT2D eigenvalue weighted by atomic mass is 14.9. The molecule has 0 aliphatic carbocycles. The largest absolute Gasteiger partial charge is 0.241 e. The maximum atomic E-state index is 4.26. The van der Waals surface area contributed by atoms with Crippen LogP contribution in [0.4, 0.5) is 0 Å². The highest BCUT2D eigenvalue weighted by molar-refractivity contribution is 5.60. The number of aryl methyl sites for hydroxylation is 1. The Balaban J connectivity index is 2.34. The van der Waals surface area contributed by atoms with E-state index >= 15 is 0 Å². The van der Waals surface area contributed by atoms with Gasteiger partial charge < -0.3 is 0 Å². The van der Waals surface area contributed by atoms with Crippen molar-refractivity contribution in [2.24, 2.45) is 0 Å². The summed E-state index contributed by atoms with van der Waals surface area (Å²) in [5, 5.41) is 0. The van der Waals surface area contributed by atoms with Crippen LogP contribution in [-0.2, 0) is 6.42 Å². The minimum Gasteiger partial charge on any atom is -0.241 e.